The van der Waals surface area contributed by atoms with Gasteiger partial charge in [0.15, 0.2) is 0 Å². The molecule has 1 heteroatoms. The second-order valence-corrected chi connectivity index (χ2v) is 6.22. The molecule has 0 aromatic heterocycles. The van der Waals surface area contributed by atoms with Crippen molar-refractivity contribution >= 4 is 0 Å². The van der Waals surface area contributed by atoms with Crippen molar-refractivity contribution < 1.29 is 5.11 Å². The lowest BCUT2D eigenvalue weighted by atomic mass is 9.60. The standard InChI is InChI=1S/C17H24O/c18-16(14-8-7-9-14)17(12-5-2-6-13-17)15-10-3-1-4-11-15/h1,3-4,10-11,14,16,18H,2,5-9,12-13H2. The number of hydrogen-bond donors (Lipinski definition) is 1. The highest BCUT2D eigenvalue weighted by Crippen LogP contribution is 2.47. The summed E-state index contributed by atoms with van der Waals surface area (Å²) < 4.78 is 0. The minimum absolute atomic E-state index is 0.0601. The third-order valence-corrected chi connectivity index (χ3v) is 5.26. The molecule has 0 heterocycles. The van der Waals surface area contributed by atoms with E-state index in [0.717, 1.165) is 0 Å². The van der Waals surface area contributed by atoms with Crippen LogP contribution in [0.1, 0.15) is 56.9 Å². The molecule has 2 aliphatic rings. The van der Waals surface area contributed by atoms with E-state index in [-0.39, 0.29) is 11.5 Å². The highest BCUT2D eigenvalue weighted by atomic mass is 16.3. The predicted molar refractivity (Wildman–Crippen MR) is 74.6 cm³/mol. The third-order valence-electron chi connectivity index (χ3n) is 5.26. The van der Waals surface area contributed by atoms with Crippen LogP contribution in [0.5, 0.6) is 0 Å². The molecule has 1 nitrogen and oxygen atoms in total. The molecule has 0 radical (unpaired) electrons. The molecule has 98 valence electrons. The van der Waals surface area contributed by atoms with Crippen LogP contribution in [0, 0.1) is 5.92 Å². The maximum absolute atomic E-state index is 10.9. The van der Waals surface area contributed by atoms with Gasteiger partial charge in [0.05, 0.1) is 6.10 Å². The van der Waals surface area contributed by atoms with Crippen molar-refractivity contribution in [1.82, 2.24) is 0 Å². The Labute approximate surface area is 110 Å². The smallest absolute Gasteiger partial charge is 0.0664 e. The molecule has 1 aromatic carbocycles. The molecular weight excluding hydrogens is 220 g/mol. The highest BCUT2D eigenvalue weighted by molar-refractivity contribution is 5.28. The van der Waals surface area contributed by atoms with E-state index in [9.17, 15) is 5.11 Å². The highest BCUT2D eigenvalue weighted by Gasteiger charge is 2.45. The van der Waals surface area contributed by atoms with Gasteiger partial charge in [0.2, 0.25) is 0 Å². The minimum Gasteiger partial charge on any atom is -0.392 e. The Bertz CT molecular complexity index is 374. The Kier molecular flexibility index (Phi) is 3.43. The van der Waals surface area contributed by atoms with Crippen LogP contribution in [-0.4, -0.2) is 11.2 Å². The zero-order valence-electron chi connectivity index (χ0n) is 11.1. The number of aliphatic hydroxyl groups excluding tert-OH is 1. The maximum Gasteiger partial charge on any atom is 0.0664 e. The van der Waals surface area contributed by atoms with Crippen molar-refractivity contribution in [2.24, 2.45) is 5.92 Å². The molecule has 1 atom stereocenters. The minimum atomic E-state index is -0.117. The first kappa shape index (κ1) is 12.2. The summed E-state index contributed by atoms with van der Waals surface area (Å²) >= 11 is 0. The molecule has 1 N–H and O–H groups in total. The van der Waals surface area contributed by atoms with E-state index in [1.54, 1.807) is 0 Å². The van der Waals surface area contributed by atoms with Crippen molar-refractivity contribution in [3.8, 4) is 0 Å². The molecule has 0 aliphatic heterocycles. The van der Waals surface area contributed by atoms with Gasteiger partial charge in [-0.1, -0.05) is 56.0 Å². The Morgan fingerprint density at radius 1 is 0.944 bits per heavy atom. The van der Waals surface area contributed by atoms with Crippen LogP contribution in [0.2, 0.25) is 0 Å². The molecule has 2 saturated carbocycles. The molecule has 18 heavy (non-hydrogen) atoms. The lowest BCUT2D eigenvalue weighted by molar-refractivity contribution is -0.0205. The average molecular weight is 244 g/mol. The van der Waals surface area contributed by atoms with Gasteiger partial charge in [-0.3, -0.25) is 0 Å². The average Bonchev–Trinajstić information content (AvgIpc) is 2.38. The van der Waals surface area contributed by atoms with Crippen LogP contribution < -0.4 is 0 Å². The molecule has 1 unspecified atom stereocenters. The van der Waals surface area contributed by atoms with Gasteiger partial charge in [-0.2, -0.15) is 0 Å². The van der Waals surface area contributed by atoms with Crippen LogP contribution in [0.25, 0.3) is 0 Å². The van der Waals surface area contributed by atoms with Gasteiger partial charge >= 0.3 is 0 Å². The Morgan fingerprint density at radius 2 is 1.61 bits per heavy atom. The summed E-state index contributed by atoms with van der Waals surface area (Å²) in [5.41, 5.74) is 1.44. The summed E-state index contributed by atoms with van der Waals surface area (Å²) in [6, 6.07) is 10.8. The lowest BCUT2D eigenvalue weighted by Gasteiger charge is -2.47. The van der Waals surface area contributed by atoms with Crippen molar-refractivity contribution in [2.45, 2.75) is 62.9 Å². The van der Waals surface area contributed by atoms with Gasteiger partial charge in [0, 0.05) is 5.41 Å². The third kappa shape index (κ3) is 1.99. The van der Waals surface area contributed by atoms with Gasteiger partial charge in [-0.05, 0) is 37.2 Å². The lowest BCUT2D eigenvalue weighted by Crippen LogP contribution is -2.47. The van der Waals surface area contributed by atoms with Gasteiger partial charge in [0.1, 0.15) is 0 Å². The fraction of sp³-hybridized carbons (Fsp3) is 0.647. The van der Waals surface area contributed by atoms with Gasteiger partial charge in [-0.15, -0.1) is 0 Å². The van der Waals surface area contributed by atoms with Crippen LogP contribution in [0.15, 0.2) is 30.3 Å². The molecule has 1 aromatic rings. The zero-order chi connectivity index (χ0) is 12.4. The van der Waals surface area contributed by atoms with Crippen molar-refractivity contribution in [1.29, 1.82) is 0 Å². The number of benzene rings is 1. The maximum atomic E-state index is 10.9. The summed E-state index contributed by atoms with van der Waals surface area (Å²) in [5.74, 6) is 0.559. The van der Waals surface area contributed by atoms with E-state index in [0.29, 0.717) is 5.92 Å². The summed E-state index contributed by atoms with van der Waals surface area (Å²) in [6.45, 7) is 0. The van der Waals surface area contributed by atoms with E-state index in [1.165, 1.54) is 56.9 Å². The summed E-state index contributed by atoms with van der Waals surface area (Å²) in [5, 5.41) is 10.9. The second-order valence-electron chi connectivity index (χ2n) is 6.22. The molecule has 0 saturated heterocycles. The first-order chi connectivity index (χ1) is 8.83. The number of aliphatic hydroxyl groups is 1. The zero-order valence-corrected chi connectivity index (χ0v) is 11.1. The normalized spacial score (nSPS) is 25.4. The Hall–Kier alpha value is -0.820. The summed E-state index contributed by atoms with van der Waals surface area (Å²) in [4.78, 5) is 0. The first-order valence-corrected chi connectivity index (χ1v) is 7.56. The Morgan fingerprint density at radius 3 is 2.17 bits per heavy atom. The SMILES string of the molecule is OC(C1CCC1)C1(c2ccccc2)CCCCC1. The summed E-state index contributed by atoms with van der Waals surface area (Å²) in [6.07, 6.45) is 9.90. The van der Waals surface area contributed by atoms with E-state index in [1.807, 2.05) is 0 Å². The van der Waals surface area contributed by atoms with Gasteiger partial charge < -0.3 is 5.11 Å². The monoisotopic (exact) mass is 244 g/mol. The van der Waals surface area contributed by atoms with Gasteiger partial charge in [-0.25, -0.2) is 0 Å². The second kappa shape index (κ2) is 5.05. The molecule has 0 spiro atoms. The fourth-order valence-electron chi connectivity index (χ4n) is 3.91. The fourth-order valence-corrected chi connectivity index (χ4v) is 3.91. The molecular formula is C17H24O. The van der Waals surface area contributed by atoms with Crippen LogP contribution in [0.3, 0.4) is 0 Å². The van der Waals surface area contributed by atoms with E-state index < -0.39 is 0 Å². The molecule has 3 rings (SSSR count). The predicted octanol–water partition coefficient (Wildman–Crippen LogP) is 4.05. The molecule has 2 aliphatic carbocycles. The van der Waals surface area contributed by atoms with E-state index in [4.69, 9.17) is 0 Å². The molecule has 0 amide bonds. The Balaban J connectivity index is 1.92. The van der Waals surface area contributed by atoms with Crippen molar-refractivity contribution in [3.63, 3.8) is 0 Å². The number of rotatable bonds is 3. The largest absolute Gasteiger partial charge is 0.392 e. The summed E-state index contributed by atoms with van der Waals surface area (Å²) in [7, 11) is 0. The van der Waals surface area contributed by atoms with E-state index in [2.05, 4.69) is 30.3 Å². The van der Waals surface area contributed by atoms with Gasteiger partial charge in [0.25, 0.3) is 0 Å². The first-order valence-electron chi connectivity index (χ1n) is 7.56. The van der Waals surface area contributed by atoms with Crippen molar-refractivity contribution in [3.05, 3.63) is 35.9 Å². The van der Waals surface area contributed by atoms with Crippen LogP contribution in [-0.2, 0) is 5.41 Å². The molecule has 0 bridgehead atoms. The number of hydrogen-bond acceptors (Lipinski definition) is 1. The van der Waals surface area contributed by atoms with E-state index >= 15 is 0 Å². The molecule has 2 fully saturated rings. The topological polar surface area (TPSA) is 20.2 Å². The quantitative estimate of drug-likeness (QED) is 0.850. The van der Waals surface area contributed by atoms with Crippen molar-refractivity contribution in [2.75, 3.05) is 0 Å². The van der Waals surface area contributed by atoms with Crippen LogP contribution >= 0.6 is 0 Å². The van der Waals surface area contributed by atoms with Crippen LogP contribution in [0.4, 0.5) is 0 Å².